The summed E-state index contributed by atoms with van der Waals surface area (Å²) >= 11 is 0. The molecule has 3 nitrogen and oxygen atoms in total. The Morgan fingerprint density at radius 2 is 2.20 bits per heavy atom. The summed E-state index contributed by atoms with van der Waals surface area (Å²) in [5.41, 5.74) is 0. The Labute approximate surface area is 91.5 Å². The van der Waals surface area contributed by atoms with Crippen LogP contribution in [0.15, 0.2) is 0 Å². The molecule has 1 N–H and O–H groups in total. The molecule has 2 unspecified atom stereocenters. The van der Waals surface area contributed by atoms with E-state index in [9.17, 15) is 4.79 Å². The number of aliphatic hydroxyl groups excluding tert-OH is 1. The summed E-state index contributed by atoms with van der Waals surface area (Å²) < 4.78 is 0. The molecule has 3 heteroatoms. The van der Waals surface area contributed by atoms with Crippen molar-refractivity contribution >= 4 is 5.78 Å². The minimum atomic E-state index is 0.303. The summed E-state index contributed by atoms with van der Waals surface area (Å²) in [7, 11) is 0. The molecule has 1 heterocycles. The van der Waals surface area contributed by atoms with Crippen molar-refractivity contribution in [2.45, 2.75) is 44.6 Å². The second-order valence-electron chi connectivity index (χ2n) is 4.97. The number of piperidine rings is 1. The van der Waals surface area contributed by atoms with Crippen molar-refractivity contribution in [3.63, 3.8) is 0 Å². The van der Waals surface area contributed by atoms with E-state index in [-0.39, 0.29) is 0 Å². The third-order valence-electron chi connectivity index (χ3n) is 3.78. The molecule has 1 aliphatic carbocycles. The number of aliphatic hydroxyl groups is 1. The number of ketones is 1. The second-order valence-corrected chi connectivity index (χ2v) is 4.97. The van der Waals surface area contributed by atoms with E-state index < -0.39 is 0 Å². The van der Waals surface area contributed by atoms with Crippen LogP contribution in [0.5, 0.6) is 0 Å². The number of carbonyl (C=O) groups is 1. The van der Waals surface area contributed by atoms with Crippen LogP contribution in [0.3, 0.4) is 0 Å². The standard InChI is InChI=1S/C12H21NO2/c14-9-10-3-2-6-13(8-10)11-4-1-5-12(15)7-11/h10-11,14H,1-9H2. The predicted octanol–water partition coefficient (Wildman–Crippen LogP) is 1.20. The molecule has 0 aromatic rings. The normalized spacial score (nSPS) is 34.3. The summed E-state index contributed by atoms with van der Waals surface area (Å²) in [5.74, 6) is 0.869. The molecule has 1 aliphatic heterocycles. The quantitative estimate of drug-likeness (QED) is 0.746. The van der Waals surface area contributed by atoms with Gasteiger partial charge in [-0.05, 0) is 38.1 Å². The summed E-state index contributed by atoms with van der Waals surface area (Å²) in [6.07, 6.45) is 6.09. The van der Waals surface area contributed by atoms with Crippen LogP contribution in [-0.4, -0.2) is 41.5 Å². The molecular formula is C12H21NO2. The van der Waals surface area contributed by atoms with Gasteiger partial charge in [0.05, 0.1) is 0 Å². The smallest absolute Gasteiger partial charge is 0.134 e. The maximum atomic E-state index is 11.4. The van der Waals surface area contributed by atoms with E-state index in [4.69, 9.17) is 5.11 Å². The molecule has 0 aromatic heterocycles. The maximum absolute atomic E-state index is 11.4. The zero-order valence-electron chi connectivity index (χ0n) is 9.32. The van der Waals surface area contributed by atoms with Crippen LogP contribution in [-0.2, 0) is 4.79 Å². The van der Waals surface area contributed by atoms with Gasteiger partial charge in [-0.1, -0.05) is 0 Å². The molecule has 86 valence electrons. The lowest BCUT2D eigenvalue weighted by Gasteiger charge is -2.39. The molecule has 2 rings (SSSR count). The van der Waals surface area contributed by atoms with Gasteiger partial charge in [-0.3, -0.25) is 9.69 Å². The minimum absolute atomic E-state index is 0.303. The molecule has 0 spiro atoms. The van der Waals surface area contributed by atoms with E-state index in [1.807, 2.05) is 0 Å². The summed E-state index contributed by atoms with van der Waals surface area (Å²) in [6, 6.07) is 0.473. The van der Waals surface area contributed by atoms with Crippen LogP contribution in [0, 0.1) is 5.92 Å². The SMILES string of the molecule is O=C1CCCC(N2CCCC(CO)C2)C1. The molecule has 2 aliphatic rings. The van der Waals surface area contributed by atoms with Gasteiger partial charge >= 0.3 is 0 Å². The van der Waals surface area contributed by atoms with Crippen LogP contribution in [0.1, 0.15) is 38.5 Å². The van der Waals surface area contributed by atoms with Crippen molar-refractivity contribution < 1.29 is 9.90 Å². The van der Waals surface area contributed by atoms with Crippen molar-refractivity contribution in [3.05, 3.63) is 0 Å². The van der Waals surface area contributed by atoms with Gasteiger partial charge in [-0.25, -0.2) is 0 Å². The van der Waals surface area contributed by atoms with Gasteiger partial charge < -0.3 is 5.11 Å². The van der Waals surface area contributed by atoms with Crippen molar-refractivity contribution in [2.24, 2.45) is 5.92 Å². The highest BCUT2D eigenvalue weighted by Crippen LogP contribution is 2.25. The Morgan fingerprint density at radius 1 is 1.33 bits per heavy atom. The molecule has 15 heavy (non-hydrogen) atoms. The van der Waals surface area contributed by atoms with E-state index in [2.05, 4.69) is 4.90 Å². The molecule has 2 fully saturated rings. The number of likely N-dealkylation sites (tertiary alicyclic amines) is 1. The third kappa shape index (κ3) is 2.79. The number of hydrogen-bond acceptors (Lipinski definition) is 3. The van der Waals surface area contributed by atoms with Gasteiger partial charge in [0.15, 0.2) is 0 Å². The molecule has 0 bridgehead atoms. The second kappa shape index (κ2) is 5.08. The summed E-state index contributed by atoms with van der Waals surface area (Å²) in [6.45, 7) is 2.42. The van der Waals surface area contributed by atoms with Gasteiger partial charge in [0.25, 0.3) is 0 Å². The first-order valence-corrected chi connectivity index (χ1v) is 6.16. The van der Waals surface area contributed by atoms with E-state index in [0.29, 0.717) is 24.3 Å². The number of rotatable bonds is 2. The lowest BCUT2D eigenvalue weighted by atomic mass is 9.90. The molecular weight excluding hydrogens is 190 g/mol. The van der Waals surface area contributed by atoms with Gasteiger partial charge in [0, 0.05) is 32.0 Å². The summed E-state index contributed by atoms with van der Waals surface area (Å²) in [4.78, 5) is 13.8. The number of nitrogens with zero attached hydrogens (tertiary/aromatic N) is 1. The average molecular weight is 211 g/mol. The van der Waals surface area contributed by atoms with Gasteiger partial charge in [-0.2, -0.15) is 0 Å². The Hall–Kier alpha value is -0.410. The monoisotopic (exact) mass is 211 g/mol. The highest BCUT2D eigenvalue weighted by Gasteiger charge is 2.28. The van der Waals surface area contributed by atoms with Gasteiger partial charge in [0.1, 0.15) is 5.78 Å². The summed E-state index contributed by atoms with van der Waals surface area (Å²) in [5, 5.41) is 9.17. The Bertz CT molecular complexity index is 230. The van der Waals surface area contributed by atoms with E-state index >= 15 is 0 Å². The largest absolute Gasteiger partial charge is 0.396 e. The Morgan fingerprint density at radius 3 is 2.93 bits per heavy atom. The number of Topliss-reactive ketones (excluding diaryl/α,β-unsaturated/α-hetero) is 1. The van der Waals surface area contributed by atoms with Crippen LogP contribution in [0.2, 0.25) is 0 Å². The van der Waals surface area contributed by atoms with Crippen LogP contribution in [0.25, 0.3) is 0 Å². The highest BCUT2D eigenvalue weighted by atomic mass is 16.3. The first kappa shape index (κ1) is 11.1. The Balaban J connectivity index is 1.88. The predicted molar refractivity (Wildman–Crippen MR) is 58.6 cm³/mol. The molecule has 2 atom stereocenters. The lowest BCUT2D eigenvalue weighted by Crippen LogP contribution is -2.45. The fraction of sp³-hybridized carbons (Fsp3) is 0.917. The van der Waals surface area contributed by atoms with Crippen LogP contribution < -0.4 is 0 Å². The van der Waals surface area contributed by atoms with Crippen molar-refractivity contribution in [3.8, 4) is 0 Å². The molecule has 1 saturated heterocycles. The maximum Gasteiger partial charge on any atom is 0.134 e. The van der Waals surface area contributed by atoms with Gasteiger partial charge in [-0.15, -0.1) is 0 Å². The first-order valence-electron chi connectivity index (χ1n) is 6.16. The topological polar surface area (TPSA) is 40.5 Å². The van der Waals surface area contributed by atoms with Gasteiger partial charge in [0.2, 0.25) is 0 Å². The molecule has 1 saturated carbocycles. The van der Waals surface area contributed by atoms with Crippen molar-refractivity contribution in [1.29, 1.82) is 0 Å². The molecule has 0 aromatic carbocycles. The van der Waals surface area contributed by atoms with Crippen molar-refractivity contribution in [2.75, 3.05) is 19.7 Å². The zero-order chi connectivity index (χ0) is 10.7. The van der Waals surface area contributed by atoms with Crippen LogP contribution >= 0.6 is 0 Å². The zero-order valence-corrected chi connectivity index (χ0v) is 9.32. The minimum Gasteiger partial charge on any atom is -0.396 e. The first-order chi connectivity index (χ1) is 7.29. The molecule has 0 amide bonds. The third-order valence-corrected chi connectivity index (χ3v) is 3.78. The van der Waals surface area contributed by atoms with Crippen LogP contribution in [0.4, 0.5) is 0 Å². The highest BCUT2D eigenvalue weighted by molar-refractivity contribution is 5.79. The average Bonchev–Trinajstić information content (AvgIpc) is 2.29. The lowest BCUT2D eigenvalue weighted by molar-refractivity contribution is -0.122. The number of hydrogen-bond donors (Lipinski definition) is 1. The van der Waals surface area contributed by atoms with Crippen molar-refractivity contribution in [1.82, 2.24) is 4.90 Å². The van der Waals surface area contributed by atoms with E-state index in [1.54, 1.807) is 0 Å². The fourth-order valence-corrected chi connectivity index (χ4v) is 2.89. The number of carbonyl (C=O) groups excluding carboxylic acids is 1. The van der Waals surface area contributed by atoms with E-state index in [1.165, 1.54) is 12.8 Å². The fourth-order valence-electron chi connectivity index (χ4n) is 2.89. The van der Waals surface area contributed by atoms with E-state index in [0.717, 1.165) is 38.8 Å². The molecule has 0 radical (unpaired) electrons. The Kier molecular flexibility index (Phi) is 3.76.